The quantitative estimate of drug-likeness (QED) is 0.598. The van der Waals surface area contributed by atoms with E-state index in [9.17, 15) is 4.79 Å². The Morgan fingerprint density at radius 2 is 2.33 bits per heavy atom. The fourth-order valence-corrected chi connectivity index (χ4v) is 1.32. The van der Waals surface area contributed by atoms with Gasteiger partial charge in [0.1, 0.15) is 6.61 Å². The van der Waals surface area contributed by atoms with Crippen LogP contribution in [0, 0.1) is 5.92 Å². The third-order valence-corrected chi connectivity index (χ3v) is 2.10. The Morgan fingerprint density at radius 3 is 3.00 bits per heavy atom. The molecule has 12 heavy (non-hydrogen) atoms. The van der Waals surface area contributed by atoms with E-state index in [0.717, 1.165) is 12.8 Å². The van der Waals surface area contributed by atoms with Crippen LogP contribution in [0.4, 0.5) is 0 Å². The van der Waals surface area contributed by atoms with Gasteiger partial charge in [0.2, 0.25) is 0 Å². The molecule has 0 saturated carbocycles. The third kappa shape index (κ3) is 2.78. The molecule has 0 radical (unpaired) electrons. The van der Waals surface area contributed by atoms with Gasteiger partial charge in [-0.2, -0.15) is 0 Å². The van der Waals surface area contributed by atoms with Gasteiger partial charge in [-0.15, -0.1) is 0 Å². The second kappa shape index (κ2) is 4.41. The molecule has 1 rings (SSSR count). The Bertz CT molecular complexity index is 182. The van der Waals surface area contributed by atoms with Gasteiger partial charge in [0.05, 0.1) is 6.10 Å². The second-order valence-corrected chi connectivity index (χ2v) is 3.54. The predicted octanol–water partition coefficient (Wildman–Crippen LogP) is 1.95. The molecule has 0 N–H and O–H groups in total. The van der Waals surface area contributed by atoms with Crippen LogP contribution in [0.2, 0.25) is 0 Å². The second-order valence-electron chi connectivity index (χ2n) is 3.54. The lowest BCUT2D eigenvalue weighted by Gasteiger charge is -2.21. The van der Waals surface area contributed by atoms with Crippen molar-refractivity contribution in [3.8, 4) is 0 Å². The zero-order chi connectivity index (χ0) is 8.97. The van der Waals surface area contributed by atoms with Crippen molar-refractivity contribution in [2.24, 2.45) is 5.92 Å². The van der Waals surface area contributed by atoms with Gasteiger partial charge in [-0.05, 0) is 24.8 Å². The standard InChI is InChI=1S/C10H16O2/c1-8(2)10-6-4-3-5-9(11)7-12-10/h3,5,8,10H,4,6-7H2,1-2H3/b5-3-. The van der Waals surface area contributed by atoms with Crippen molar-refractivity contribution in [3.05, 3.63) is 12.2 Å². The monoisotopic (exact) mass is 168 g/mol. The average Bonchev–Trinajstić information content (AvgIpc) is 1.97. The molecule has 0 aliphatic carbocycles. The fourth-order valence-electron chi connectivity index (χ4n) is 1.32. The summed E-state index contributed by atoms with van der Waals surface area (Å²) in [7, 11) is 0. The molecule has 0 amide bonds. The highest BCUT2D eigenvalue weighted by Crippen LogP contribution is 2.14. The van der Waals surface area contributed by atoms with Crippen LogP contribution in [-0.2, 0) is 9.53 Å². The van der Waals surface area contributed by atoms with Gasteiger partial charge >= 0.3 is 0 Å². The Morgan fingerprint density at radius 1 is 1.58 bits per heavy atom. The van der Waals surface area contributed by atoms with E-state index in [1.54, 1.807) is 6.08 Å². The van der Waals surface area contributed by atoms with E-state index >= 15 is 0 Å². The maximum Gasteiger partial charge on any atom is 0.180 e. The molecule has 1 aliphatic heterocycles. The first-order chi connectivity index (χ1) is 5.70. The largest absolute Gasteiger partial charge is 0.370 e. The molecule has 1 aliphatic rings. The van der Waals surface area contributed by atoms with E-state index in [1.807, 2.05) is 6.08 Å². The Hall–Kier alpha value is -0.630. The summed E-state index contributed by atoms with van der Waals surface area (Å²) >= 11 is 0. The van der Waals surface area contributed by atoms with Gasteiger partial charge in [-0.3, -0.25) is 4.79 Å². The van der Waals surface area contributed by atoms with Crippen molar-refractivity contribution >= 4 is 5.78 Å². The summed E-state index contributed by atoms with van der Waals surface area (Å²) in [6.07, 6.45) is 5.80. The van der Waals surface area contributed by atoms with E-state index in [2.05, 4.69) is 13.8 Å². The van der Waals surface area contributed by atoms with Gasteiger partial charge in [-0.1, -0.05) is 19.9 Å². The minimum Gasteiger partial charge on any atom is -0.370 e. The summed E-state index contributed by atoms with van der Waals surface area (Å²) in [6.45, 7) is 4.50. The first-order valence-corrected chi connectivity index (χ1v) is 4.51. The molecule has 2 nitrogen and oxygen atoms in total. The van der Waals surface area contributed by atoms with Crippen LogP contribution in [0.25, 0.3) is 0 Å². The number of rotatable bonds is 1. The van der Waals surface area contributed by atoms with Gasteiger partial charge in [0, 0.05) is 0 Å². The maximum absolute atomic E-state index is 11.0. The van der Waals surface area contributed by atoms with E-state index in [-0.39, 0.29) is 18.5 Å². The molecule has 0 aromatic heterocycles. The van der Waals surface area contributed by atoms with E-state index in [0.29, 0.717) is 5.92 Å². The molecule has 0 bridgehead atoms. The molecular formula is C10H16O2. The van der Waals surface area contributed by atoms with Crippen LogP contribution in [0.1, 0.15) is 26.7 Å². The molecule has 0 spiro atoms. The normalized spacial score (nSPS) is 28.2. The summed E-state index contributed by atoms with van der Waals surface area (Å²) in [5.41, 5.74) is 0. The maximum atomic E-state index is 11.0. The number of carbonyl (C=O) groups excluding carboxylic acids is 1. The molecule has 1 heterocycles. The number of hydrogen-bond donors (Lipinski definition) is 0. The van der Waals surface area contributed by atoms with E-state index in [4.69, 9.17) is 4.74 Å². The lowest BCUT2D eigenvalue weighted by molar-refractivity contribution is -0.122. The molecule has 0 aromatic rings. The number of ketones is 1. The number of ether oxygens (including phenoxy) is 1. The molecule has 0 aromatic carbocycles. The van der Waals surface area contributed by atoms with Gasteiger partial charge in [0.15, 0.2) is 5.78 Å². The van der Waals surface area contributed by atoms with Gasteiger partial charge < -0.3 is 4.74 Å². The fraction of sp³-hybridized carbons (Fsp3) is 0.700. The van der Waals surface area contributed by atoms with Gasteiger partial charge in [-0.25, -0.2) is 0 Å². The lowest BCUT2D eigenvalue weighted by atomic mass is 10.0. The summed E-state index contributed by atoms with van der Waals surface area (Å²) in [6, 6.07) is 0. The van der Waals surface area contributed by atoms with Crippen LogP contribution in [0.3, 0.4) is 0 Å². The average molecular weight is 168 g/mol. The minimum atomic E-state index is 0.0837. The Labute approximate surface area is 73.6 Å². The SMILES string of the molecule is CC(C)C1CC/C=C\C(=O)CO1. The summed E-state index contributed by atoms with van der Waals surface area (Å²) in [5, 5.41) is 0. The van der Waals surface area contributed by atoms with Crippen LogP contribution in [-0.4, -0.2) is 18.5 Å². The van der Waals surface area contributed by atoms with Crippen molar-refractivity contribution in [1.82, 2.24) is 0 Å². The molecule has 0 saturated heterocycles. The molecule has 1 atom stereocenters. The van der Waals surface area contributed by atoms with Crippen molar-refractivity contribution in [2.45, 2.75) is 32.8 Å². The van der Waals surface area contributed by atoms with Crippen molar-refractivity contribution in [2.75, 3.05) is 6.61 Å². The molecular weight excluding hydrogens is 152 g/mol. The summed E-state index contributed by atoms with van der Waals surface area (Å²) in [5.74, 6) is 0.588. The molecule has 68 valence electrons. The Kier molecular flexibility index (Phi) is 3.48. The predicted molar refractivity (Wildman–Crippen MR) is 48.0 cm³/mol. The molecule has 2 heteroatoms. The smallest absolute Gasteiger partial charge is 0.180 e. The molecule has 1 unspecified atom stereocenters. The number of allylic oxidation sites excluding steroid dienone is 1. The van der Waals surface area contributed by atoms with Crippen LogP contribution >= 0.6 is 0 Å². The number of carbonyl (C=O) groups is 1. The van der Waals surface area contributed by atoms with Crippen LogP contribution in [0.15, 0.2) is 12.2 Å². The van der Waals surface area contributed by atoms with Crippen molar-refractivity contribution in [3.63, 3.8) is 0 Å². The third-order valence-electron chi connectivity index (χ3n) is 2.10. The Balaban J connectivity index is 2.49. The van der Waals surface area contributed by atoms with E-state index < -0.39 is 0 Å². The lowest BCUT2D eigenvalue weighted by Crippen LogP contribution is -2.23. The first kappa shape index (κ1) is 9.46. The topological polar surface area (TPSA) is 26.3 Å². The number of hydrogen-bond acceptors (Lipinski definition) is 2. The van der Waals surface area contributed by atoms with Gasteiger partial charge in [0.25, 0.3) is 0 Å². The summed E-state index contributed by atoms with van der Waals surface area (Å²) < 4.78 is 5.46. The van der Waals surface area contributed by atoms with Crippen molar-refractivity contribution in [1.29, 1.82) is 0 Å². The van der Waals surface area contributed by atoms with Crippen molar-refractivity contribution < 1.29 is 9.53 Å². The van der Waals surface area contributed by atoms with E-state index in [1.165, 1.54) is 0 Å². The highest BCUT2D eigenvalue weighted by atomic mass is 16.5. The van der Waals surface area contributed by atoms with Crippen LogP contribution in [0.5, 0.6) is 0 Å². The minimum absolute atomic E-state index is 0.0837. The van der Waals surface area contributed by atoms with Crippen LogP contribution < -0.4 is 0 Å². The molecule has 0 fully saturated rings. The first-order valence-electron chi connectivity index (χ1n) is 4.51. The highest BCUT2D eigenvalue weighted by molar-refractivity contribution is 5.90. The zero-order valence-corrected chi connectivity index (χ0v) is 7.75. The zero-order valence-electron chi connectivity index (χ0n) is 7.75. The summed E-state index contributed by atoms with van der Waals surface area (Å²) in [4.78, 5) is 11.0. The highest BCUT2D eigenvalue weighted by Gasteiger charge is 2.15.